The maximum atomic E-state index is 13.0. The monoisotopic (exact) mass is 364 g/mol. The summed E-state index contributed by atoms with van der Waals surface area (Å²) in [6, 6.07) is 8.65. The van der Waals surface area contributed by atoms with Crippen LogP contribution in [0.25, 0.3) is 0 Å². The fourth-order valence-electron chi connectivity index (χ4n) is 2.71. The quantitative estimate of drug-likeness (QED) is 0.846. The molecule has 0 bridgehead atoms. The van der Waals surface area contributed by atoms with Crippen LogP contribution in [-0.2, 0) is 14.3 Å². The van der Waals surface area contributed by atoms with E-state index < -0.39 is 41.9 Å². The molecule has 1 saturated heterocycles. The number of imide groups is 1. The Morgan fingerprint density at radius 2 is 1.92 bits per heavy atom. The molecule has 0 saturated carbocycles. The lowest BCUT2D eigenvalue weighted by molar-refractivity contribution is -0.150. The second-order valence-corrected chi connectivity index (χ2v) is 7.18. The molecule has 1 heterocycles. The summed E-state index contributed by atoms with van der Waals surface area (Å²) >= 11 is 0. The Balaban J connectivity index is 2.40. The predicted molar refractivity (Wildman–Crippen MR) is 92.2 cm³/mol. The van der Waals surface area contributed by atoms with E-state index in [1.54, 1.807) is 51.1 Å². The third kappa shape index (κ3) is 4.13. The summed E-state index contributed by atoms with van der Waals surface area (Å²) in [5, 5.41) is 11.7. The first-order chi connectivity index (χ1) is 12.1. The summed E-state index contributed by atoms with van der Waals surface area (Å²) in [7, 11) is 0. The standard InChI is InChI=1S/C18H24N2O6/c1-17(2,3)26-15(23)19-18(4)13(12-8-6-5-7-9-12)25-16(24)20(10-11-21)14(18)22/h5-9,13,21H,10-11H2,1-4H3,(H,19,23)/t13-,18-/m1/s1. The number of ether oxygens (including phenoxy) is 2. The van der Waals surface area contributed by atoms with Crippen LogP contribution >= 0.6 is 0 Å². The van der Waals surface area contributed by atoms with Crippen LogP contribution in [-0.4, -0.2) is 52.4 Å². The third-order valence-electron chi connectivity index (χ3n) is 3.84. The van der Waals surface area contributed by atoms with Gasteiger partial charge in [0, 0.05) is 0 Å². The van der Waals surface area contributed by atoms with Gasteiger partial charge in [-0.05, 0) is 33.3 Å². The fourth-order valence-corrected chi connectivity index (χ4v) is 2.71. The van der Waals surface area contributed by atoms with Crippen LogP contribution in [0.3, 0.4) is 0 Å². The summed E-state index contributed by atoms with van der Waals surface area (Å²) in [5.74, 6) is -0.678. The molecule has 8 nitrogen and oxygen atoms in total. The number of carbonyl (C=O) groups excluding carboxylic acids is 3. The molecule has 1 fully saturated rings. The Morgan fingerprint density at radius 3 is 2.46 bits per heavy atom. The van der Waals surface area contributed by atoms with Gasteiger partial charge in [0.05, 0.1) is 13.2 Å². The number of hydrogen-bond acceptors (Lipinski definition) is 6. The Bertz CT molecular complexity index is 685. The number of nitrogens with one attached hydrogen (secondary N) is 1. The van der Waals surface area contributed by atoms with Gasteiger partial charge >= 0.3 is 12.2 Å². The number of rotatable bonds is 4. The van der Waals surface area contributed by atoms with Crippen LogP contribution in [0.2, 0.25) is 0 Å². The van der Waals surface area contributed by atoms with Crippen LogP contribution in [0.4, 0.5) is 9.59 Å². The van der Waals surface area contributed by atoms with Crippen LogP contribution < -0.4 is 5.32 Å². The highest BCUT2D eigenvalue weighted by atomic mass is 16.6. The largest absolute Gasteiger partial charge is 0.444 e. The summed E-state index contributed by atoms with van der Waals surface area (Å²) in [6.45, 7) is 5.91. The van der Waals surface area contributed by atoms with E-state index in [-0.39, 0.29) is 6.54 Å². The molecule has 1 aliphatic rings. The summed E-state index contributed by atoms with van der Waals surface area (Å²) in [4.78, 5) is 38.3. The molecule has 0 aliphatic carbocycles. The van der Waals surface area contributed by atoms with Gasteiger partial charge in [0.25, 0.3) is 5.91 Å². The van der Waals surface area contributed by atoms with Gasteiger partial charge in [-0.2, -0.15) is 0 Å². The van der Waals surface area contributed by atoms with Gasteiger partial charge in [-0.25, -0.2) is 14.5 Å². The van der Waals surface area contributed by atoms with Crippen molar-refractivity contribution >= 4 is 18.1 Å². The number of nitrogens with zero attached hydrogens (tertiary/aromatic N) is 1. The molecule has 3 amide bonds. The highest BCUT2D eigenvalue weighted by molar-refractivity contribution is 6.01. The van der Waals surface area contributed by atoms with Crippen molar-refractivity contribution in [3.05, 3.63) is 35.9 Å². The zero-order valence-corrected chi connectivity index (χ0v) is 15.3. The number of amides is 3. The van der Waals surface area contributed by atoms with E-state index in [4.69, 9.17) is 14.6 Å². The van der Waals surface area contributed by atoms with Gasteiger partial charge < -0.3 is 19.9 Å². The molecule has 8 heteroatoms. The summed E-state index contributed by atoms with van der Waals surface area (Å²) in [5.41, 5.74) is -1.80. The number of carbonyl (C=O) groups is 3. The zero-order chi connectivity index (χ0) is 19.5. The number of β-amino-alcohol motifs (C(OH)–C–C–N with tert-alkyl or cyclic N) is 1. The molecule has 1 aromatic carbocycles. The lowest BCUT2D eigenvalue weighted by Gasteiger charge is -2.43. The van der Waals surface area contributed by atoms with Gasteiger partial charge in [0.1, 0.15) is 5.60 Å². The summed E-state index contributed by atoms with van der Waals surface area (Å²) in [6.07, 6.45) is -2.72. The maximum Gasteiger partial charge on any atom is 0.417 e. The number of hydrogen-bond donors (Lipinski definition) is 2. The Morgan fingerprint density at radius 1 is 1.31 bits per heavy atom. The van der Waals surface area contributed by atoms with E-state index in [1.807, 2.05) is 0 Å². The third-order valence-corrected chi connectivity index (χ3v) is 3.84. The van der Waals surface area contributed by atoms with Gasteiger partial charge in [-0.15, -0.1) is 0 Å². The summed E-state index contributed by atoms with van der Waals surface area (Å²) < 4.78 is 10.7. The van der Waals surface area contributed by atoms with Crippen molar-refractivity contribution in [3.8, 4) is 0 Å². The normalized spacial score (nSPS) is 23.4. The van der Waals surface area contributed by atoms with E-state index in [0.717, 1.165) is 4.90 Å². The topological polar surface area (TPSA) is 105 Å². The van der Waals surface area contributed by atoms with Crippen molar-refractivity contribution in [3.63, 3.8) is 0 Å². The molecule has 0 unspecified atom stereocenters. The van der Waals surface area contributed by atoms with Crippen molar-refractivity contribution in [1.82, 2.24) is 10.2 Å². The number of benzene rings is 1. The van der Waals surface area contributed by atoms with Crippen molar-refractivity contribution in [1.29, 1.82) is 0 Å². The molecular formula is C18H24N2O6. The van der Waals surface area contributed by atoms with Crippen molar-refractivity contribution in [2.45, 2.75) is 44.9 Å². The molecule has 2 N–H and O–H groups in total. The molecule has 0 radical (unpaired) electrons. The number of cyclic esters (lactones) is 1. The highest BCUT2D eigenvalue weighted by Crippen LogP contribution is 2.36. The molecular weight excluding hydrogens is 340 g/mol. The number of aliphatic hydroxyl groups excluding tert-OH is 1. The average Bonchev–Trinajstić information content (AvgIpc) is 2.54. The Hall–Kier alpha value is -2.61. The molecule has 0 spiro atoms. The average molecular weight is 364 g/mol. The molecule has 2 rings (SSSR count). The number of alkyl carbamates (subject to hydrolysis) is 1. The Kier molecular flexibility index (Phi) is 5.56. The highest BCUT2D eigenvalue weighted by Gasteiger charge is 2.54. The van der Waals surface area contributed by atoms with E-state index >= 15 is 0 Å². The molecule has 26 heavy (non-hydrogen) atoms. The second kappa shape index (κ2) is 7.33. The smallest absolute Gasteiger partial charge is 0.417 e. The molecule has 142 valence electrons. The van der Waals surface area contributed by atoms with Crippen molar-refractivity contribution in [2.24, 2.45) is 0 Å². The van der Waals surface area contributed by atoms with Crippen LogP contribution in [0.15, 0.2) is 30.3 Å². The molecule has 2 atom stereocenters. The van der Waals surface area contributed by atoms with Crippen molar-refractivity contribution < 1.29 is 29.0 Å². The lowest BCUT2D eigenvalue weighted by atomic mass is 9.86. The minimum Gasteiger partial charge on any atom is -0.444 e. The van der Waals surface area contributed by atoms with Crippen LogP contribution in [0.5, 0.6) is 0 Å². The van der Waals surface area contributed by atoms with E-state index in [9.17, 15) is 14.4 Å². The Labute approximate surface area is 152 Å². The van der Waals surface area contributed by atoms with E-state index in [0.29, 0.717) is 5.56 Å². The molecule has 0 aromatic heterocycles. The van der Waals surface area contributed by atoms with Gasteiger partial charge in [0.2, 0.25) is 0 Å². The van der Waals surface area contributed by atoms with Crippen LogP contribution in [0, 0.1) is 0 Å². The first kappa shape index (κ1) is 19.7. The SMILES string of the molecule is CC(C)(C)OC(=O)N[C@@]1(C)C(=O)N(CCO)C(=O)O[C@@H]1c1ccccc1. The van der Waals surface area contributed by atoms with E-state index in [1.165, 1.54) is 6.92 Å². The molecule has 1 aromatic rings. The van der Waals surface area contributed by atoms with E-state index in [2.05, 4.69) is 5.32 Å². The first-order valence-corrected chi connectivity index (χ1v) is 8.28. The predicted octanol–water partition coefficient (Wildman–Crippen LogP) is 1.98. The first-order valence-electron chi connectivity index (χ1n) is 8.28. The fraction of sp³-hybridized carbons (Fsp3) is 0.500. The second-order valence-electron chi connectivity index (χ2n) is 7.18. The number of aliphatic hydroxyl groups is 1. The van der Waals surface area contributed by atoms with Gasteiger partial charge in [-0.1, -0.05) is 30.3 Å². The minimum atomic E-state index is -1.59. The van der Waals surface area contributed by atoms with Crippen molar-refractivity contribution in [2.75, 3.05) is 13.2 Å². The van der Waals surface area contributed by atoms with Gasteiger partial charge in [-0.3, -0.25) is 4.79 Å². The van der Waals surface area contributed by atoms with Crippen LogP contribution in [0.1, 0.15) is 39.4 Å². The lowest BCUT2D eigenvalue weighted by Crippen LogP contribution is -2.67. The zero-order valence-electron chi connectivity index (χ0n) is 15.3. The minimum absolute atomic E-state index is 0.231. The van der Waals surface area contributed by atoms with Gasteiger partial charge in [0.15, 0.2) is 11.6 Å². The maximum absolute atomic E-state index is 13.0. The molecule has 1 aliphatic heterocycles.